The number of nitrogens with zero attached hydrogens (tertiary/aromatic N) is 2. The molecular weight excluding hydrogens is 328 g/mol. The second kappa shape index (κ2) is 6.52. The first-order valence-electron chi connectivity index (χ1n) is 6.07. The Kier molecular flexibility index (Phi) is 4.99. The highest BCUT2D eigenvalue weighted by Gasteiger charge is 2.19. The van der Waals surface area contributed by atoms with Gasteiger partial charge in [0.05, 0.1) is 23.0 Å². The lowest BCUT2D eigenvalue weighted by molar-refractivity contribution is 0.491. The lowest BCUT2D eigenvalue weighted by atomic mass is 10.0. The van der Waals surface area contributed by atoms with Gasteiger partial charge in [-0.3, -0.25) is 16.0 Å². The molecular formula is C13H16BrClN4. The molecule has 0 fully saturated rings. The molecule has 19 heavy (non-hydrogen) atoms. The minimum atomic E-state index is -0.0591. The minimum Gasteiger partial charge on any atom is -0.271 e. The van der Waals surface area contributed by atoms with Gasteiger partial charge in [-0.25, -0.2) is 0 Å². The maximum atomic E-state index is 6.20. The van der Waals surface area contributed by atoms with Crippen molar-refractivity contribution in [1.29, 1.82) is 0 Å². The monoisotopic (exact) mass is 342 g/mol. The molecule has 1 atom stereocenters. The number of aromatic nitrogens is 2. The number of nitrogens with one attached hydrogen (secondary N) is 1. The van der Waals surface area contributed by atoms with E-state index in [9.17, 15) is 0 Å². The lowest BCUT2D eigenvalue weighted by Gasteiger charge is -2.18. The molecule has 0 spiro atoms. The summed E-state index contributed by atoms with van der Waals surface area (Å²) in [5.74, 6) is 5.68. The molecule has 102 valence electrons. The van der Waals surface area contributed by atoms with Crippen LogP contribution in [0.3, 0.4) is 0 Å². The van der Waals surface area contributed by atoms with Crippen LogP contribution in [0.25, 0.3) is 0 Å². The molecule has 1 aromatic heterocycles. The largest absolute Gasteiger partial charge is 0.271 e. The number of hydrazine groups is 1. The van der Waals surface area contributed by atoms with Crippen molar-refractivity contribution in [2.75, 3.05) is 0 Å². The summed E-state index contributed by atoms with van der Waals surface area (Å²) in [5, 5.41) is 4.88. The van der Waals surface area contributed by atoms with Crippen molar-refractivity contribution < 1.29 is 0 Å². The van der Waals surface area contributed by atoms with Gasteiger partial charge in [0, 0.05) is 11.0 Å². The van der Waals surface area contributed by atoms with Gasteiger partial charge in [0.2, 0.25) is 0 Å². The first-order valence-corrected chi connectivity index (χ1v) is 7.24. The van der Waals surface area contributed by atoms with E-state index in [2.05, 4.69) is 38.6 Å². The Bertz CT molecular complexity index is 538. The third-order valence-electron chi connectivity index (χ3n) is 3.02. The molecule has 0 aliphatic carbocycles. The van der Waals surface area contributed by atoms with Crippen LogP contribution in [0.5, 0.6) is 0 Å². The number of hydrogen-bond donors (Lipinski definition) is 2. The van der Waals surface area contributed by atoms with E-state index in [1.165, 1.54) is 5.56 Å². The van der Waals surface area contributed by atoms with Gasteiger partial charge < -0.3 is 0 Å². The van der Waals surface area contributed by atoms with Gasteiger partial charge in [-0.1, -0.05) is 39.7 Å². The van der Waals surface area contributed by atoms with Crippen molar-refractivity contribution in [2.45, 2.75) is 25.9 Å². The van der Waals surface area contributed by atoms with Crippen LogP contribution in [0.15, 0.2) is 34.9 Å². The summed E-state index contributed by atoms with van der Waals surface area (Å²) in [7, 11) is 0. The molecule has 0 bridgehead atoms. The van der Waals surface area contributed by atoms with Gasteiger partial charge >= 0.3 is 0 Å². The number of aryl methyl sites for hydroxylation is 1. The van der Waals surface area contributed by atoms with E-state index in [1.54, 1.807) is 6.20 Å². The molecule has 0 saturated carbocycles. The summed E-state index contributed by atoms with van der Waals surface area (Å²) in [4.78, 5) is 0. The Morgan fingerprint density at radius 1 is 1.42 bits per heavy atom. The maximum absolute atomic E-state index is 6.20. The molecule has 1 heterocycles. The average Bonchev–Trinajstić information content (AvgIpc) is 2.79. The van der Waals surface area contributed by atoms with Crippen molar-refractivity contribution in [3.05, 3.63) is 51.2 Å². The first-order chi connectivity index (χ1) is 9.15. The second-order valence-corrected chi connectivity index (χ2v) is 5.57. The number of rotatable bonds is 5. The molecule has 4 nitrogen and oxygen atoms in total. The molecule has 0 saturated heterocycles. The fourth-order valence-corrected chi connectivity index (χ4v) is 2.60. The lowest BCUT2D eigenvalue weighted by Crippen LogP contribution is -2.31. The van der Waals surface area contributed by atoms with Crippen LogP contribution in [0, 0.1) is 0 Å². The highest BCUT2D eigenvalue weighted by molar-refractivity contribution is 9.10. The first kappa shape index (κ1) is 14.5. The Hall–Kier alpha value is -0.880. The van der Waals surface area contributed by atoms with E-state index in [1.807, 2.05) is 23.7 Å². The Morgan fingerprint density at radius 3 is 2.68 bits per heavy atom. The number of nitrogens with two attached hydrogens (primary N) is 1. The normalized spacial score (nSPS) is 12.6. The zero-order valence-corrected chi connectivity index (χ0v) is 12.9. The third-order valence-corrected chi connectivity index (χ3v) is 3.84. The van der Waals surface area contributed by atoms with Gasteiger partial charge in [0.25, 0.3) is 0 Å². The summed E-state index contributed by atoms with van der Waals surface area (Å²) in [6.07, 6.45) is 2.42. The third kappa shape index (κ3) is 3.36. The number of hydrogen-bond acceptors (Lipinski definition) is 3. The zero-order chi connectivity index (χ0) is 13.8. The smallest absolute Gasteiger partial charge is 0.0834 e. The van der Waals surface area contributed by atoms with E-state index in [0.29, 0.717) is 5.02 Å². The maximum Gasteiger partial charge on any atom is 0.0834 e. The quantitative estimate of drug-likeness (QED) is 0.648. The summed E-state index contributed by atoms with van der Waals surface area (Å²) < 4.78 is 2.93. The molecule has 3 N–H and O–H groups in total. The van der Waals surface area contributed by atoms with Gasteiger partial charge in [-0.15, -0.1) is 0 Å². The molecule has 0 amide bonds. The van der Waals surface area contributed by atoms with Crippen molar-refractivity contribution >= 4 is 27.5 Å². The SMILES string of the molecule is CCn1ncc(Cl)c1C(Cc1ccc(Br)cc1)NN. The van der Waals surface area contributed by atoms with E-state index in [-0.39, 0.29) is 6.04 Å². The van der Waals surface area contributed by atoms with E-state index in [0.717, 1.165) is 23.1 Å². The predicted octanol–water partition coefficient (Wildman–Crippen LogP) is 3.07. The average molecular weight is 344 g/mol. The molecule has 2 aromatic rings. The number of benzene rings is 1. The Labute approximate surface area is 126 Å². The Balaban J connectivity index is 2.24. The minimum absolute atomic E-state index is 0.0591. The molecule has 1 aromatic carbocycles. The summed E-state index contributed by atoms with van der Waals surface area (Å²) in [6, 6.07) is 8.10. The molecule has 0 aliphatic heterocycles. The van der Waals surface area contributed by atoms with Crippen LogP contribution < -0.4 is 11.3 Å². The summed E-state index contributed by atoms with van der Waals surface area (Å²) in [5.41, 5.74) is 4.94. The van der Waals surface area contributed by atoms with Crippen molar-refractivity contribution in [3.63, 3.8) is 0 Å². The Morgan fingerprint density at radius 2 is 2.11 bits per heavy atom. The van der Waals surface area contributed by atoms with Crippen LogP contribution in [0.2, 0.25) is 5.02 Å². The zero-order valence-electron chi connectivity index (χ0n) is 10.6. The molecule has 1 unspecified atom stereocenters. The summed E-state index contributed by atoms with van der Waals surface area (Å²) in [6.45, 7) is 2.79. The molecule has 6 heteroatoms. The van der Waals surface area contributed by atoms with Crippen LogP contribution in [0.1, 0.15) is 24.2 Å². The fraction of sp³-hybridized carbons (Fsp3) is 0.308. The highest BCUT2D eigenvalue weighted by Crippen LogP contribution is 2.25. The van der Waals surface area contributed by atoms with E-state index >= 15 is 0 Å². The van der Waals surface area contributed by atoms with Gasteiger partial charge in [-0.05, 0) is 31.0 Å². The van der Waals surface area contributed by atoms with Crippen molar-refractivity contribution in [3.8, 4) is 0 Å². The van der Waals surface area contributed by atoms with Gasteiger partial charge in [0.15, 0.2) is 0 Å². The molecule has 0 aliphatic rings. The highest BCUT2D eigenvalue weighted by atomic mass is 79.9. The number of halogens is 2. The van der Waals surface area contributed by atoms with Gasteiger partial charge in [0.1, 0.15) is 0 Å². The van der Waals surface area contributed by atoms with Crippen molar-refractivity contribution in [2.24, 2.45) is 5.84 Å². The predicted molar refractivity (Wildman–Crippen MR) is 80.8 cm³/mol. The standard InChI is InChI=1S/C13H16BrClN4/c1-2-19-13(11(15)8-17-19)12(18-16)7-9-3-5-10(14)6-4-9/h3-6,8,12,18H,2,7,16H2,1H3. The van der Waals surface area contributed by atoms with Crippen LogP contribution in [0.4, 0.5) is 0 Å². The van der Waals surface area contributed by atoms with Crippen LogP contribution in [-0.4, -0.2) is 9.78 Å². The molecule has 0 radical (unpaired) electrons. The van der Waals surface area contributed by atoms with Gasteiger partial charge in [-0.2, -0.15) is 5.10 Å². The topological polar surface area (TPSA) is 55.9 Å². The van der Waals surface area contributed by atoms with E-state index in [4.69, 9.17) is 17.4 Å². The molecule has 2 rings (SSSR count). The van der Waals surface area contributed by atoms with E-state index < -0.39 is 0 Å². The summed E-state index contributed by atoms with van der Waals surface area (Å²) >= 11 is 9.63. The second-order valence-electron chi connectivity index (χ2n) is 4.24. The van der Waals surface area contributed by atoms with Crippen LogP contribution >= 0.6 is 27.5 Å². The van der Waals surface area contributed by atoms with Crippen molar-refractivity contribution in [1.82, 2.24) is 15.2 Å². The fourth-order valence-electron chi connectivity index (χ4n) is 2.06. The van der Waals surface area contributed by atoms with Crippen LogP contribution in [-0.2, 0) is 13.0 Å².